The highest BCUT2D eigenvalue weighted by Crippen LogP contribution is 2.31. The Morgan fingerprint density at radius 1 is 1.12 bits per heavy atom. The molecule has 1 aliphatic heterocycles. The lowest BCUT2D eigenvalue weighted by Gasteiger charge is -2.18. The SMILES string of the molecule is NC/C(=C\F)COc1ccc(C(=O)Cc2ccc3c(c2)OCCO3)cc1. The van der Waals surface area contributed by atoms with Crippen LogP contribution in [0, 0.1) is 0 Å². The first kappa shape index (κ1) is 17.9. The van der Waals surface area contributed by atoms with Gasteiger partial charge in [0.15, 0.2) is 17.3 Å². The van der Waals surface area contributed by atoms with Gasteiger partial charge in [0, 0.05) is 24.1 Å². The highest BCUT2D eigenvalue weighted by Gasteiger charge is 2.14. The van der Waals surface area contributed by atoms with Gasteiger partial charge in [0.2, 0.25) is 0 Å². The molecular weight excluding hydrogens is 337 g/mol. The lowest BCUT2D eigenvalue weighted by Crippen LogP contribution is -2.15. The van der Waals surface area contributed by atoms with E-state index < -0.39 is 0 Å². The maximum atomic E-state index is 12.5. The lowest BCUT2D eigenvalue weighted by molar-refractivity contribution is 0.0992. The molecule has 0 bridgehead atoms. The molecule has 2 aromatic carbocycles. The fourth-order valence-electron chi connectivity index (χ4n) is 2.53. The standard InChI is InChI=1S/C20H20FNO4/c21-11-15(12-22)13-26-17-4-2-16(3-5-17)18(23)9-14-1-6-19-20(10-14)25-8-7-24-19/h1-6,10-11H,7-9,12-13,22H2/b15-11+. The summed E-state index contributed by atoms with van der Waals surface area (Å²) in [7, 11) is 0. The van der Waals surface area contributed by atoms with E-state index in [2.05, 4.69) is 0 Å². The monoisotopic (exact) mass is 357 g/mol. The van der Waals surface area contributed by atoms with E-state index in [1.165, 1.54) is 0 Å². The quantitative estimate of drug-likeness (QED) is 0.771. The summed E-state index contributed by atoms with van der Waals surface area (Å²) >= 11 is 0. The Kier molecular flexibility index (Phi) is 5.86. The zero-order valence-corrected chi connectivity index (χ0v) is 14.2. The van der Waals surface area contributed by atoms with Crippen LogP contribution in [0.2, 0.25) is 0 Å². The Morgan fingerprint density at radius 2 is 1.85 bits per heavy atom. The third-order valence-electron chi connectivity index (χ3n) is 3.99. The molecule has 0 fully saturated rings. The van der Waals surface area contributed by atoms with E-state index in [0.717, 1.165) is 5.56 Å². The molecule has 2 aromatic rings. The van der Waals surface area contributed by atoms with Crippen LogP contribution in [-0.2, 0) is 6.42 Å². The van der Waals surface area contributed by atoms with Gasteiger partial charge in [-0.1, -0.05) is 6.07 Å². The minimum absolute atomic E-state index is 0.0143. The van der Waals surface area contributed by atoms with E-state index in [1.807, 2.05) is 18.2 Å². The number of ether oxygens (including phenoxy) is 3. The molecule has 5 nitrogen and oxygen atoms in total. The molecule has 0 saturated heterocycles. The van der Waals surface area contributed by atoms with Crippen LogP contribution >= 0.6 is 0 Å². The van der Waals surface area contributed by atoms with Crippen molar-refractivity contribution in [3.05, 3.63) is 65.5 Å². The lowest BCUT2D eigenvalue weighted by atomic mass is 10.0. The Morgan fingerprint density at radius 3 is 2.54 bits per heavy atom. The summed E-state index contributed by atoms with van der Waals surface area (Å²) in [6.45, 7) is 1.23. The predicted octanol–water partition coefficient (Wildman–Crippen LogP) is 3.07. The average Bonchev–Trinajstić information content (AvgIpc) is 2.69. The number of fused-ring (bicyclic) bond motifs is 1. The van der Waals surface area contributed by atoms with Gasteiger partial charge in [0.1, 0.15) is 25.6 Å². The first-order valence-corrected chi connectivity index (χ1v) is 8.32. The van der Waals surface area contributed by atoms with Crippen LogP contribution < -0.4 is 19.9 Å². The topological polar surface area (TPSA) is 70.8 Å². The molecule has 0 spiro atoms. The first-order chi connectivity index (χ1) is 12.7. The van der Waals surface area contributed by atoms with E-state index in [9.17, 15) is 9.18 Å². The highest BCUT2D eigenvalue weighted by molar-refractivity contribution is 5.97. The largest absolute Gasteiger partial charge is 0.489 e. The number of nitrogens with two attached hydrogens (primary N) is 1. The number of hydrogen-bond acceptors (Lipinski definition) is 5. The molecule has 136 valence electrons. The van der Waals surface area contributed by atoms with Gasteiger partial charge in [-0.2, -0.15) is 0 Å². The van der Waals surface area contributed by atoms with Crippen LogP contribution in [-0.4, -0.2) is 32.1 Å². The number of hydrogen-bond donors (Lipinski definition) is 1. The van der Waals surface area contributed by atoms with Crippen molar-refractivity contribution >= 4 is 5.78 Å². The molecule has 0 aromatic heterocycles. The van der Waals surface area contributed by atoms with Crippen molar-refractivity contribution in [3.8, 4) is 17.2 Å². The van der Waals surface area contributed by atoms with Gasteiger partial charge < -0.3 is 19.9 Å². The van der Waals surface area contributed by atoms with Gasteiger partial charge in [-0.05, 0) is 42.0 Å². The van der Waals surface area contributed by atoms with Crippen molar-refractivity contribution in [1.29, 1.82) is 0 Å². The molecule has 26 heavy (non-hydrogen) atoms. The average molecular weight is 357 g/mol. The number of carbonyl (C=O) groups is 1. The van der Waals surface area contributed by atoms with Crippen LogP contribution in [0.25, 0.3) is 0 Å². The van der Waals surface area contributed by atoms with Crippen molar-refractivity contribution in [2.75, 3.05) is 26.4 Å². The number of Topliss-reactive ketones (excluding diaryl/α,β-unsaturated/α-hetero) is 1. The Balaban J connectivity index is 1.61. The summed E-state index contributed by atoms with van der Waals surface area (Å²) < 4.78 is 28.9. The number of ketones is 1. The van der Waals surface area contributed by atoms with Gasteiger partial charge in [0.05, 0.1) is 6.33 Å². The van der Waals surface area contributed by atoms with Crippen molar-refractivity contribution in [2.24, 2.45) is 5.73 Å². The molecule has 0 aliphatic carbocycles. The van der Waals surface area contributed by atoms with Crippen molar-refractivity contribution < 1.29 is 23.4 Å². The summed E-state index contributed by atoms with van der Waals surface area (Å²) in [6.07, 6.45) is 0.712. The number of rotatable bonds is 7. The second kappa shape index (κ2) is 8.49. The summed E-state index contributed by atoms with van der Waals surface area (Å²) in [4.78, 5) is 12.5. The summed E-state index contributed by atoms with van der Waals surface area (Å²) in [5.74, 6) is 1.91. The van der Waals surface area contributed by atoms with Crippen LogP contribution in [0.4, 0.5) is 4.39 Å². The van der Waals surface area contributed by atoms with Gasteiger partial charge in [-0.15, -0.1) is 0 Å². The Labute approximate surface area is 151 Å². The normalized spacial score (nSPS) is 13.4. The molecule has 2 N–H and O–H groups in total. The Bertz CT molecular complexity index is 802. The molecule has 0 radical (unpaired) electrons. The van der Waals surface area contributed by atoms with Crippen LogP contribution in [0.1, 0.15) is 15.9 Å². The fraction of sp³-hybridized carbons (Fsp3) is 0.250. The van der Waals surface area contributed by atoms with E-state index in [1.54, 1.807) is 24.3 Å². The van der Waals surface area contributed by atoms with E-state index in [4.69, 9.17) is 19.9 Å². The van der Waals surface area contributed by atoms with E-state index >= 15 is 0 Å². The Hall–Kier alpha value is -2.86. The number of halogens is 1. The molecule has 0 saturated carbocycles. The highest BCUT2D eigenvalue weighted by atomic mass is 19.1. The summed E-state index contributed by atoms with van der Waals surface area (Å²) in [5, 5.41) is 0. The van der Waals surface area contributed by atoms with Gasteiger partial charge in [-0.3, -0.25) is 4.79 Å². The molecule has 6 heteroatoms. The molecule has 1 heterocycles. The minimum Gasteiger partial charge on any atom is -0.489 e. The third kappa shape index (κ3) is 4.40. The predicted molar refractivity (Wildman–Crippen MR) is 95.6 cm³/mol. The third-order valence-corrected chi connectivity index (χ3v) is 3.99. The second-order valence-corrected chi connectivity index (χ2v) is 5.86. The van der Waals surface area contributed by atoms with Gasteiger partial charge >= 0.3 is 0 Å². The van der Waals surface area contributed by atoms with Crippen molar-refractivity contribution in [3.63, 3.8) is 0 Å². The van der Waals surface area contributed by atoms with Gasteiger partial charge in [0.25, 0.3) is 0 Å². The van der Waals surface area contributed by atoms with Crippen LogP contribution in [0.5, 0.6) is 17.2 Å². The van der Waals surface area contributed by atoms with Crippen molar-refractivity contribution in [2.45, 2.75) is 6.42 Å². The summed E-state index contributed by atoms with van der Waals surface area (Å²) in [6, 6.07) is 12.3. The van der Waals surface area contributed by atoms with E-state index in [0.29, 0.717) is 47.9 Å². The van der Waals surface area contributed by atoms with Gasteiger partial charge in [-0.25, -0.2) is 4.39 Å². The number of carbonyl (C=O) groups excluding carboxylic acids is 1. The van der Waals surface area contributed by atoms with Crippen LogP contribution in [0.3, 0.4) is 0 Å². The molecule has 0 amide bonds. The second-order valence-electron chi connectivity index (χ2n) is 5.86. The maximum Gasteiger partial charge on any atom is 0.167 e. The smallest absolute Gasteiger partial charge is 0.167 e. The fourth-order valence-corrected chi connectivity index (χ4v) is 2.53. The zero-order chi connectivity index (χ0) is 18.4. The molecule has 0 unspecified atom stereocenters. The first-order valence-electron chi connectivity index (χ1n) is 8.32. The van der Waals surface area contributed by atoms with E-state index in [-0.39, 0.29) is 25.4 Å². The molecule has 1 aliphatic rings. The molecular formula is C20H20FNO4. The molecule has 3 rings (SSSR count). The van der Waals surface area contributed by atoms with Crippen molar-refractivity contribution in [1.82, 2.24) is 0 Å². The molecule has 0 atom stereocenters. The zero-order valence-electron chi connectivity index (χ0n) is 14.2. The summed E-state index contributed by atoms with van der Waals surface area (Å²) in [5.41, 5.74) is 7.18. The van der Waals surface area contributed by atoms with Crippen LogP contribution in [0.15, 0.2) is 54.4 Å². The minimum atomic E-state index is -0.0143. The maximum absolute atomic E-state index is 12.5. The number of benzene rings is 2.